The van der Waals surface area contributed by atoms with Gasteiger partial charge >= 0.3 is 0 Å². The first-order valence-electron chi connectivity index (χ1n) is 7.14. The topological polar surface area (TPSA) is 38.7 Å². The Morgan fingerprint density at radius 2 is 1.96 bits per heavy atom. The standard InChI is InChI=1S/C18H12FN3S/c1-11-9-12(4-5-14(11)19)17-13(3-2-8-20-17)15-6-7-16-18(22-15)23-10-21-16/h2-10H,1H3. The summed E-state index contributed by atoms with van der Waals surface area (Å²) in [6.07, 6.45) is 1.74. The summed E-state index contributed by atoms with van der Waals surface area (Å²) in [6.45, 7) is 1.75. The lowest BCUT2D eigenvalue weighted by molar-refractivity contribution is 0.619. The molecule has 1 aromatic carbocycles. The Morgan fingerprint density at radius 1 is 1.04 bits per heavy atom. The van der Waals surface area contributed by atoms with Crippen molar-refractivity contribution in [3.05, 3.63) is 65.6 Å². The van der Waals surface area contributed by atoms with E-state index in [2.05, 4.69) is 15.0 Å². The number of benzene rings is 1. The monoisotopic (exact) mass is 321 g/mol. The zero-order chi connectivity index (χ0) is 15.8. The summed E-state index contributed by atoms with van der Waals surface area (Å²) in [5, 5.41) is 0. The van der Waals surface area contributed by atoms with Crippen LogP contribution in [0.5, 0.6) is 0 Å². The van der Waals surface area contributed by atoms with E-state index in [1.165, 1.54) is 17.4 Å². The minimum atomic E-state index is -0.213. The van der Waals surface area contributed by atoms with E-state index in [1.54, 1.807) is 24.7 Å². The van der Waals surface area contributed by atoms with Crippen LogP contribution in [0.1, 0.15) is 5.56 Å². The zero-order valence-electron chi connectivity index (χ0n) is 12.3. The summed E-state index contributed by atoms with van der Waals surface area (Å²) in [7, 11) is 0. The van der Waals surface area contributed by atoms with Gasteiger partial charge in [-0.25, -0.2) is 14.4 Å². The molecular weight excluding hydrogens is 309 g/mol. The molecule has 0 aliphatic carbocycles. The van der Waals surface area contributed by atoms with Gasteiger partial charge in [-0.2, -0.15) is 0 Å². The summed E-state index contributed by atoms with van der Waals surface area (Å²) in [5.41, 5.74) is 6.72. The number of halogens is 1. The highest BCUT2D eigenvalue weighted by atomic mass is 32.1. The van der Waals surface area contributed by atoms with Gasteiger partial charge in [0.05, 0.1) is 22.4 Å². The smallest absolute Gasteiger partial charge is 0.143 e. The van der Waals surface area contributed by atoms with Gasteiger partial charge in [-0.15, -0.1) is 11.3 Å². The van der Waals surface area contributed by atoms with E-state index >= 15 is 0 Å². The van der Waals surface area contributed by atoms with Crippen molar-refractivity contribution >= 4 is 21.7 Å². The third-order valence-corrected chi connectivity index (χ3v) is 4.45. The van der Waals surface area contributed by atoms with Crippen LogP contribution in [0.25, 0.3) is 32.9 Å². The molecule has 0 saturated heterocycles. The highest BCUT2D eigenvalue weighted by Crippen LogP contribution is 2.31. The largest absolute Gasteiger partial charge is 0.256 e. The summed E-state index contributed by atoms with van der Waals surface area (Å²) in [5.74, 6) is -0.213. The van der Waals surface area contributed by atoms with Gasteiger partial charge in [-0.05, 0) is 55.0 Å². The zero-order valence-corrected chi connectivity index (χ0v) is 13.1. The van der Waals surface area contributed by atoms with Crippen molar-refractivity contribution < 1.29 is 4.39 Å². The summed E-state index contributed by atoms with van der Waals surface area (Å²) >= 11 is 1.51. The molecule has 0 N–H and O–H groups in total. The maximum Gasteiger partial charge on any atom is 0.143 e. The molecule has 0 atom stereocenters. The minimum Gasteiger partial charge on any atom is -0.256 e. The van der Waals surface area contributed by atoms with Crippen molar-refractivity contribution in [1.29, 1.82) is 0 Å². The van der Waals surface area contributed by atoms with Crippen molar-refractivity contribution in [3.63, 3.8) is 0 Å². The second kappa shape index (κ2) is 5.52. The van der Waals surface area contributed by atoms with Crippen LogP contribution in [0.2, 0.25) is 0 Å². The molecule has 3 nitrogen and oxygen atoms in total. The maximum absolute atomic E-state index is 13.5. The molecular formula is C18H12FN3S. The molecule has 4 rings (SSSR count). The molecule has 0 fully saturated rings. The highest BCUT2D eigenvalue weighted by Gasteiger charge is 2.12. The third-order valence-electron chi connectivity index (χ3n) is 3.71. The molecule has 23 heavy (non-hydrogen) atoms. The first kappa shape index (κ1) is 14.0. The molecule has 3 aromatic heterocycles. The van der Waals surface area contributed by atoms with E-state index in [0.29, 0.717) is 5.56 Å². The number of hydrogen-bond donors (Lipinski definition) is 0. The number of aryl methyl sites for hydroxylation is 1. The summed E-state index contributed by atoms with van der Waals surface area (Å²) in [4.78, 5) is 14.3. The third kappa shape index (κ3) is 2.49. The van der Waals surface area contributed by atoms with Gasteiger partial charge in [0.25, 0.3) is 0 Å². The summed E-state index contributed by atoms with van der Waals surface area (Å²) in [6, 6.07) is 12.8. The van der Waals surface area contributed by atoms with Gasteiger partial charge in [0, 0.05) is 17.3 Å². The van der Waals surface area contributed by atoms with Crippen LogP contribution >= 0.6 is 11.3 Å². The second-order valence-corrected chi connectivity index (χ2v) is 6.07. The van der Waals surface area contributed by atoms with Crippen LogP contribution in [-0.4, -0.2) is 15.0 Å². The molecule has 0 bridgehead atoms. The molecule has 0 radical (unpaired) electrons. The van der Waals surface area contributed by atoms with Gasteiger partial charge in [0.15, 0.2) is 0 Å². The van der Waals surface area contributed by atoms with Gasteiger partial charge in [0.1, 0.15) is 10.6 Å². The van der Waals surface area contributed by atoms with E-state index in [0.717, 1.165) is 32.9 Å². The van der Waals surface area contributed by atoms with E-state index < -0.39 is 0 Å². The van der Waals surface area contributed by atoms with Crippen LogP contribution in [0.4, 0.5) is 4.39 Å². The Balaban J connectivity index is 1.90. The molecule has 0 amide bonds. The predicted molar refractivity (Wildman–Crippen MR) is 90.8 cm³/mol. The lowest BCUT2D eigenvalue weighted by Crippen LogP contribution is -1.92. The van der Waals surface area contributed by atoms with E-state index in [9.17, 15) is 4.39 Å². The van der Waals surface area contributed by atoms with E-state index in [1.807, 2.05) is 30.3 Å². The average molecular weight is 321 g/mol. The normalized spacial score (nSPS) is 11.0. The lowest BCUT2D eigenvalue weighted by atomic mass is 10.0. The molecule has 0 spiro atoms. The maximum atomic E-state index is 13.5. The minimum absolute atomic E-state index is 0.213. The number of hydrogen-bond acceptors (Lipinski definition) is 4. The van der Waals surface area contributed by atoms with Crippen LogP contribution in [0.15, 0.2) is 54.2 Å². The second-order valence-electron chi connectivity index (χ2n) is 5.24. The van der Waals surface area contributed by atoms with Crippen molar-refractivity contribution in [2.75, 3.05) is 0 Å². The van der Waals surface area contributed by atoms with Crippen LogP contribution in [-0.2, 0) is 0 Å². The molecule has 112 valence electrons. The Labute approximate surface area is 136 Å². The van der Waals surface area contributed by atoms with Crippen molar-refractivity contribution in [2.24, 2.45) is 0 Å². The highest BCUT2D eigenvalue weighted by molar-refractivity contribution is 7.16. The van der Waals surface area contributed by atoms with Gasteiger partial charge < -0.3 is 0 Å². The Hall–Kier alpha value is -2.66. The van der Waals surface area contributed by atoms with Crippen LogP contribution < -0.4 is 0 Å². The number of thiazole rings is 1. The molecule has 4 aromatic rings. The Bertz CT molecular complexity index is 1010. The Kier molecular flexibility index (Phi) is 3.35. The van der Waals surface area contributed by atoms with Crippen molar-refractivity contribution in [1.82, 2.24) is 15.0 Å². The molecule has 5 heteroatoms. The first-order valence-corrected chi connectivity index (χ1v) is 8.02. The van der Waals surface area contributed by atoms with Gasteiger partial charge in [-0.3, -0.25) is 4.98 Å². The first-order chi connectivity index (χ1) is 11.2. The van der Waals surface area contributed by atoms with Gasteiger partial charge in [0.2, 0.25) is 0 Å². The Morgan fingerprint density at radius 3 is 2.83 bits per heavy atom. The van der Waals surface area contributed by atoms with E-state index in [-0.39, 0.29) is 5.82 Å². The van der Waals surface area contributed by atoms with Crippen molar-refractivity contribution in [3.8, 4) is 22.5 Å². The SMILES string of the molecule is Cc1cc(-c2ncccc2-c2ccc3ncsc3n2)ccc1F. The fourth-order valence-electron chi connectivity index (χ4n) is 2.54. The average Bonchev–Trinajstić information content (AvgIpc) is 3.05. The molecule has 3 heterocycles. The van der Waals surface area contributed by atoms with Crippen LogP contribution in [0.3, 0.4) is 0 Å². The number of fused-ring (bicyclic) bond motifs is 1. The van der Waals surface area contributed by atoms with E-state index in [4.69, 9.17) is 0 Å². The number of rotatable bonds is 2. The lowest BCUT2D eigenvalue weighted by Gasteiger charge is -2.09. The fraction of sp³-hybridized carbons (Fsp3) is 0.0556. The fourth-order valence-corrected chi connectivity index (χ4v) is 3.19. The summed E-state index contributed by atoms with van der Waals surface area (Å²) < 4.78 is 13.5. The number of aromatic nitrogens is 3. The van der Waals surface area contributed by atoms with Crippen LogP contribution in [0, 0.1) is 12.7 Å². The molecule has 0 aliphatic rings. The molecule has 0 unspecified atom stereocenters. The van der Waals surface area contributed by atoms with Crippen molar-refractivity contribution in [2.45, 2.75) is 6.92 Å². The quantitative estimate of drug-likeness (QED) is 0.529. The van der Waals surface area contributed by atoms with Gasteiger partial charge in [-0.1, -0.05) is 0 Å². The molecule has 0 aliphatic heterocycles. The number of nitrogens with zero attached hydrogens (tertiary/aromatic N) is 3. The predicted octanol–water partition coefficient (Wildman–Crippen LogP) is 4.87. The number of pyridine rings is 2. The molecule has 0 saturated carbocycles.